The molecule has 0 atom stereocenters. The molecule has 24 heavy (non-hydrogen) atoms. The average Bonchev–Trinajstić information content (AvgIpc) is 2.86. The predicted octanol–water partition coefficient (Wildman–Crippen LogP) is 2.16. The summed E-state index contributed by atoms with van der Waals surface area (Å²) in [6.45, 7) is 5.71. The number of thiophene rings is 1. The van der Waals surface area contributed by atoms with Crippen LogP contribution >= 0.6 is 11.3 Å². The summed E-state index contributed by atoms with van der Waals surface area (Å²) in [5, 5.41) is 27.8. The molecule has 7 nitrogen and oxygen atoms in total. The second-order valence-corrected chi connectivity index (χ2v) is 6.34. The first kappa shape index (κ1) is 18.0. The summed E-state index contributed by atoms with van der Waals surface area (Å²) in [5.41, 5.74) is 0.243. The molecule has 0 amide bonds. The maximum Gasteiger partial charge on any atom is 0.343 e. The minimum atomic E-state index is -0.592. The molecule has 0 unspecified atom stereocenters. The van der Waals surface area contributed by atoms with E-state index in [2.05, 4.69) is 0 Å². The summed E-state index contributed by atoms with van der Waals surface area (Å²) in [6.07, 6.45) is 1.44. The summed E-state index contributed by atoms with van der Waals surface area (Å²) in [4.78, 5) is 14.6. The second-order valence-electron chi connectivity index (χ2n) is 5.08. The first-order valence-corrected chi connectivity index (χ1v) is 8.34. The first-order valence-electron chi connectivity index (χ1n) is 7.52. The van der Waals surface area contributed by atoms with E-state index in [-0.39, 0.29) is 29.3 Å². The Morgan fingerprint density at radius 2 is 2.21 bits per heavy atom. The zero-order valence-electron chi connectivity index (χ0n) is 13.6. The Hall–Kier alpha value is -2.37. The monoisotopic (exact) mass is 349 g/mol. The highest BCUT2D eigenvalue weighted by Gasteiger charge is 2.23. The second kappa shape index (κ2) is 7.95. The number of rotatable bonds is 4. The Morgan fingerprint density at radius 3 is 2.79 bits per heavy atom. The third-order valence-electron chi connectivity index (χ3n) is 3.54. The van der Waals surface area contributed by atoms with Gasteiger partial charge in [0.25, 0.3) is 0 Å². The topological polar surface area (TPSA) is 107 Å². The molecule has 0 saturated carbocycles. The lowest BCUT2D eigenvalue weighted by molar-refractivity contribution is 0.0523. The van der Waals surface area contributed by atoms with Crippen LogP contribution in [-0.2, 0) is 9.47 Å². The third-order valence-corrected chi connectivity index (χ3v) is 4.58. The number of morpholine rings is 1. The van der Waals surface area contributed by atoms with Crippen LogP contribution in [0.15, 0.2) is 5.57 Å². The Kier molecular flexibility index (Phi) is 5.95. The van der Waals surface area contributed by atoms with Gasteiger partial charge in [0.1, 0.15) is 23.2 Å². The number of nitrogens with zero attached hydrogens (tertiary/aromatic N) is 2. The molecule has 1 aromatic heterocycles. The number of hydrogen-bond donors (Lipinski definition) is 2. The molecule has 0 bridgehead atoms. The van der Waals surface area contributed by atoms with Crippen LogP contribution in [0.3, 0.4) is 0 Å². The van der Waals surface area contributed by atoms with Crippen LogP contribution in [0.5, 0.6) is 5.75 Å². The van der Waals surface area contributed by atoms with Crippen LogP contribution in [0.4, 0.5) is 0 Å². The SMILES string of the molecule is CCOC(=O)c1c(C)sc(C=C(C#N)C(=N)N2CCOCC2)c1O. The third kappa shape index (κ3) is 3.75. The number of hydrogen-bond acceptors (Lipinski definition) is 7. The van der Waals surface area contributed by atoms with E-state index in [9.17, 15) is 15.2 Å². The van der Waals surface area contributed by atoms with Gasteiger partial charge in [0.2, 0.25) is 0 Å². The number of carbonyl (C=O) groups excluding carboxylic acids is 1. The van der Waals surface area contributed by atoms with Gasteiger partial charge >= 0.3 is 5.97 Å². The minimum Gasteiger partial charge on any atom is -0.506 e. The highest BCUT2D eigenvalue weighted by atomic mass is 32.1. The lowest BCUT2D eigenvalue weighted by Gasteiger charge is -2.28. The minimum absolute atomic E-state index is 0.0870. The molecule has 1 saturated heterocycles. The Bertz CT molecular complexity index is 712. The van der Waals surface area contributed by atoms with Crippen molar-refractivity contribution in [3.63, 3.8) is 0 Å². The van der Waals surface area contributed by atoms with E-state index in [0.717, 1.165) is 0 Å². The fourth-order valence-corrected chi connectivity index (χ4v) is 3.33. The number of aromatic hydroxyl groups is 1. The molecule has 1 fully saturated rings. The molecule has 1 aromatic rings. The normalized spacial score (nSPS) is 15.0. The number of esters is 1. The van der Waals surface area contributed by atoms with E-state index < -0.39 is 5.97 Å². The zero-order valence-corrected chi connectivity index (χ0v) is 14.4. The smallest absolute Gasteiger partial charge is 0.343 e. The number of nitriles is 1. The summed E-state index contributed by atoms with van der Waals surface area (Å²) in [7, 11) is 0. The molecule has 1 aliphatic rings. The van der Waals surface area contributed by atoms with Gasteiger partial charge in [0.05, 0.1) is 30.3 Å². The van der Waals surface area contributed by atoms with Crippen LogP contribution in [0.2, 0.25) is 0 Å². The summed E-state index contributed by atoms with van der Waals surface area (Å²) < 4.78 is 10.2. The van der Waals surface area contributed by atoms with E-state index >= 15 is 0 Å². The fourth-order valence-electron chi connectivity index (χ4n) is 2.34. The first-order chi connectivity index (χ1) is 11.5. The number of ether oxygens (including phenoxy) is 2. The van der Waals surface area contributed by atoms with Gasteiger partial charge < -0.3 is 19.5 Å². The standard InChI is InChI=1S/C16H19N3O4S/c1-3-23-16(21)13-10(2)24-12(14(13)20)8-11(9-17)15(18)19-4-6-22-7-5-19/h8,18,20H,3-7H2,1-2H3. The van der Waals surface area contributed by atoms with Crippen molar-refractivity contribution in [2.75, 3.05) is 32.9 Å². The number of amidine groups is 1. The van der Waals surface area contributed by atoms with Gasteiger partial charge in [0.15, 0.2) is 0 Å². The molecule has 0 aromatic carbocycles. The quantitative estimate of drug-likeness (QED) is 0.373. The van der Waals surface area contributed by atoms with Gasteiger partial charge in [-0.25, -0.2) is 4.79 Å². The molecule has 0 spiro atoms. The van der Waals surface area contributed by atoms with Crippen molar-refractivity contribution in [1.29, 1.82) is 10.7 Å². The highest BCUT2D eigenvalue weighted by molar-refractivity contribution is 7.13. The summed E-state index contributed by atoms with van der Waals surface area (Å²) in [6, 6.07) is 1.99. The van der Waals surface area contributed by atoms with Gasteiger partial charge in [-0.1, -0.05) is 0 Å². The Morgan fingerprint density at radius 1 is 1.54 bits per heavy atom. The molecule has 8 heteroatoms. The average molecular weight is 349 g/mol. The Labute approximate surface area is 144 Å². The lowest BCUT2D eigenvalue weighted by atomic mass is 10.1. The van der Waals surface area contributed by atoms with Gasteiger partial charge in [0, 0.05) is 18.0 Å². The molecular formula is C16H19N3O4S. The maximum absolute atomic E-state index is 11.9. The van der Waals surface area contributed by atoms with Crippen LogP contribution in [0.25, 0.3) is 6.08 Å². The van der Waals surface area contributed by atoms with Crippen molar-refractivity contribution in [3.05, 3.63) is 20.9 Å². The van der Waals surface area contributed by atoms with Crippen molar-refractivity contribution in [2.24, 2.45) is 0 Å². The van der Waals surface area contributed by atoms with E-state index in [0.29, 0.717) is 36.1 Å². The summed E-state index contributed by atoms with van der Waals surface area (Å²) in [5.74, 6) is -0.715. The van der Waals surface area contributed by atoms with Crippen molar-refractivity contribution >= 4 is 29.2 Å². The number of carbonyl (C=O) groups is 1. The molecule has 2 heterocycles. The molecule has 0 aliphatic carbocycles. The van der Waals surface area contributed by atoms with Crippen molar-refractivity contribution in [3.8, 4) is 11.8 Å². The molecule has 1 aliphatic heterocycles. The van der Waals surface area contributed by atoms with Crippen LogP contribution in [-0.4, -0.2) is 54.7 Å². The Balaban J connectivity index is 2.31. The summed E-state index contributed by atoms with van der Waals surface area (Å²) >= 11 is 1.18. The van der Waals surface area contributed by atoms with Gasteiger partial charge in [-0.05, 0) is 19.9 Å². The molecular weight excluding hydrogens is 330 g/mol. The largest absolute Gasteiger partial charge is 0.506 e. The zero-order chi connectivity index (χ0) is 17.7. The van der Waals surface area contributed by atoms with Gasteiger partial charge in [-0.2, -0.15) is 5.26 Å². The van der Waals surface area contributed by atoms with Crippen molar-refractivity contribution in [1.82, 2.24) is 4.90 Å². The van der Waals surface area contributed by atoms with Gasteiger partial charge in [-0.15, -0.1) is 11.3 Å². The number of aryl methyl sites for hydroxylation is 1. The van der Waals surface area contributed by atoms with Crippen LogP contribution < -0.4 is 0 Å². The number of nitrogens with one attached hydrogen (secondary N) is 1. The van der Waals surface area contributed by atoms with E-state index in [1.165, 1.54) is 17.4 Å². The molecule has 2 N–H and O–H groups in total. The molecule has 0 radical (unpaired) electrons. The maximum atomic E-state index is 11.9. The lowest BCUT2D eigenvalue weighted by Crippen LogP contribution is -2.40. The predicted molar refractivity (Wildman–Crippen MR) is 90.4 cm³/mol. The van der Waals surface area contributed by atoms with Crippen molar-refractivity contribution < 1.29 is 19.4 Å². The van der Waals surface area contributed by atoms with Crippen molar-refractivity contribution in [2.45, 2.75) is 13.8 Å². The van der Waals surface area contributed by atoms with E-state index in [1.807, 2.05) is 6.07 Å². The molecule has 2 rings (SSSR count). The fraction of sp³-hybridized carbons (Fsp3) is 0.438. The van der Waals surface area contributed by atoms with Crippen LogP contribution in [0, 0.1) is 23.7 Å². The molecule has 128 valence electrons. The van der Waals surface area contributed by atoms with Crippen LogP contribution in [0.1, 0.15) is 27.0 Å². The van der Waals surface area contributed by atoms with E-state index in [1.54, 1.807) is 18.7 Å². The van der Waals surface area contributed by atoms with E-state index in [4.69, 9.17) is 14.9 Å². The highest BCUT2D eigenvalue weighted by Crippen LogP contribution is 2.36. The van der Waals surface area contributed by atoms with Gasteiger partial charge in [-0.3, -0.25) is 5.41 Å².